The molecule has 154 valence electrons. The van der Waals surface area contributed by atoms with E-state index in [0.717, 1.165) is 24.2 Å². The molecule has 0 fully saturated rings. The van der Waals surface area contributed by atoms with Crippen molar-refractivity contribution >= 4 is 23.3 Å². The summed E-state index contributed by atoms with van der Waals surface area (Å²) in [5, 5.41) is 23.7. The molecule has 1 aromatic carbocycles. The molecule has 6 N–H and O–H groups in total. The average Bonchev–Trinajstić information content (AvgIpc) is 2.74. The van der Waals surface area contributed by atoms with Crippen LogP contribution in [0, 0.1) is 22.8 Å². The van der Waals surface area contributed by atoms with Gasteiger partial charge in [0, 0.05) is 5.56 Å². The van der Waals surface area contributed by atoms with Crippen LogP contribution in [0.15, 0.2) is 29.3 Å². The number of anilines is 3. The van der Waals surface area contributed by atoms with Crippen LogP contribution in [0.5, 0.6) is 5.75 Å². The number of hydrogen-bond acceptors (Lipinski definition) is 9. The summed E-state index contributed by atoms with van der Waals surface area (Å²) in [7, 11) is 0. The second-order valence-corrected chi connectivity index (χ2v) is 6.88. The highest BCUT2D eigenvalue weighted by molar-refractivity contribution is 5.98. The quantitative estimate of drug-likeness (QED) is 0.311. The van der Waals surface area contributed by atoms with E-state index < -0.39 is 6.04 Å². The molecule has 0 bridgehead atoms. The number of rotatable bonds is 7. The van der Waals surface area contributed by atoms with E-state index in [2.05, 4.69) is 27.5 Å². The zero-order valence-corrected chi connectivity index (χ0v) is 16.8. The Balaban J connectivity index is 1.89. The molecule has 9 nitrogen and oxygen atoms in total. The van der Waals surface area contributed by atoms with Crippen molar-refractivity contribution in [3.8, 4) is 18.0 Å². The number of pyridine rings is 1. The maximum atomic E-state index is 9.39. The smallest absolute Gasteiger partial charge is 0.211 e. The highest BCUT2D eigenvalue weighted by Crippen LogP contribution is 2.40. The first-order valence-corrected chi connectivity index (χ1v) is 9.80. The molecular weight excluding hydrogens is 380 g/mol. The van der Waals surface area contributed by atoms with Crippen molar-refractivity contribution in [2.75, 3.05) is 23.4 Å². The molecular formula is C21H24N8O. The van der Waals surface area contributed by atoms with Gasteiger partial charge in [-0.3, -0.25) is 5.32 Å². The van der Waals surface area contributed by atoms with Crippen molar-refractivity contribution < 1.29 is 4.74 Å². The number of aliphatic imine (C=N–C) groups is 1. The lowest BCUT2D eigenvalue weighted by Gasteiger charge is -2.26. The fourth-order valence-corrected chi connectivity index (χ4v) is 3.29. The second-order valence-electron chi connectivity index (χ2n) is 6.88. The fraction of sp³-hybridized carbons (Fsp3) is 0.333. The third-order valence-corrected chi connectivity index (χ3v) is 4.82. The summed E-state index contributed by atoms with van der Waals surface area (Å²) < 4.78 is 5.80. The number of aromatic nitrogens is 1. The first-order valence-electron chi connectivity index (χ1n) is 9.80. The number of guanidine groups is 1. The molecule has 2 aromatic rings. The highest BCUT2D eigenvalue weighted by Gasteiger charge is 2.29. The molecule has 3 rings (SSSR count). The molecule has 1 aliphatic rings. The summed E-state index contributed by atoms with van der Waals surface area (Å²) in [6.45, 7) is 2.85. The van der Waals surface area contributed by atoms with Gasteiger partial charge in [-0.05, 0) is 24.1 Å². The predicted octanol–water partition coefficient (Wildman–Crippen LogP) is 3.02. The van der Waals surface area contributed by atoms with E-state index in [0.29, 0.717) is 18.0 Å². The molecule has 1 aromatic heterocycles. The molecule has 1 atom stereocenters. The van der Waals surface area contributed by atoms with Crippen LogP contribution in [-0.2, 0) is 0 Å². The van der Waals surface area contributed by atoms with Gasteiger partial charge >= 0.3 is 0 Å². The Hall–Kier alpha value is -3.98. The van der Waals surface area contributed by atoms with Crippen LogP contribution < -0.4 is 26.8 Å². The van der Waals surface area contributed by atoms with Crippen LogP contribution in [0.3, 0.4) is 0 Å². The van der Waals surface area contributed by atoms with Gasteiger partial charge in [0.1, 0.15) is 35.1 Å². The van der Waals surface area contributed by atoms with Crippen molar-refractivity contribution in [3.63, 3.8) is 0 Å². The van der Waals surface area contributed by atoms with Crippen molar-refractivity contribution in [1.29, 1.82) is 10.5 Å². The maximum Gasteiger partial charge on any atom is 0.211 e. The molecule has 0 radical (unpaired) electrons. The van der Waals surface area contributed by atoms with Crippen LogP contribution in [0.1, 0.15) is 55.3 Å². The van der Waals surface area contributed by atoms with Gasteiger partial charge in [-0.2, -0.15) is 10.5 Å². The zero-order valence-electron chi connectivity index (χ0n) is 16.8. The van der Waals surface area contributed by atoms with Crippen LogP contribution in [0.2, 0.25) is 0 Å². The van der Waals surface area contributed by atoms with Crippen LogP contribution in [-0.4, -0.2) is 17.6 Å². The lowest BCUT2D eigenvalue weighted by atomic mass is 9.95. The summed E-state index contributed by atoms with van der Waals surface area (Å²) >= 11 is 0. The van der Waals surface area contributed by atoms with Gasteiger partial charge in [0.2, 0.25) is 5.96 Å². The van der Waals surface area contributed by atoms with Gasteiger partial charge in [-0.1, -0.05) is 38.3 Å². The number of fused-ring (bicyclic) bond motifs is 1. The SMILES string of the molecule is CCCCCCOc1ccc(C2N=C(NC#N)Nc3nc(N)c(C#N)c(N)c32)cc1. The number of nitrogens with one attached hydrogen (secondary N) is 2. The lowest BCUT2D eigenvalue weighted by molar-refractivity contribution is 0.305. The third kappa shape index (κ3) is 4.36. The number of nitrogens with zero attached hydrogens (tertiary/aromatic N) is 4. The highest BCUT2D eigenvalue weighted by atomic mass is 16.5. The third-order valence-electron chi connectivity index (χ3n) is 4.82. The van der Waals surface area contributed by atoms with Gasteiger partial charge in [-0.25, -0.2) is 9.98 Å². The molecule has 1 unspecified atom stereocenters. The molecule has 2 heterocycles. The molecule has 0 spiro atoms. The Bertz CT molecular complexity index is 1020. The van der Waals surface area contributed by atoms with Gasteiger partial charge in [0.25, 0.3) is 0 Å². The summed E-state index contributed by atoms with van der Waals surface area (Å²) in [6.07, 6.45) is 6.40. The summed E-state index contributed by atoms with van der Waals surface area (Å²) in [4.78, 5) is 8.78. The van der Waals surface area contributed by atoms with E-state index in [9.17, 15) is 5.26 Å². The van der Waals surface area contributed by atoms with E-state index >= 15 is 0 Å². The van der Waals surface area contributed by atoms with Crippen LogP contribution >= 0.6 is 0 Å². The van der Waals surface area contributed by atoms with Crippen LogP contribution in [0.4, 0.5) is 17.3 Å². The number of nitrogens with two attached hydrogens (primary N) is 2. The fourth-order valence-electron chi connectivity index (χ4n) is 3.29. The maximum absolute atomic E-state index is 9.39. The number of unbranched alkanes of at least 4 members (excludes halogenated alkanes) is 3. The largest absolute Gasteiger partial charge is 0.494 e. The van der Waals surface area contributed by atoms with E-state index in [1.54, 1.807) is 0 Å². The minimum absolute atomic E-state index is 0.0185. The molecule has 0 saturated heterocycles. The monoisotopic (exact) mass is 404 g/mol. The summed E-state index contributed by atoms with van der Waals surface area (Å²) in [6, 6.07) is 8.95. The van der Waals surface area contributed by atoms with Crippen LogP contribution in [0.25, 0.3) is 0 Å². The zero-order chi connectivity index (χ0) is 21.5. The second kappa shape index (κ2) is 9.48. The molecule has 30 heavy (non-hydrogen) atoms. The number of hydrogen-bond donors (Lipinski definition) is 4. The van der Waals surface area contributed by atoms with Crippen molar-refractivity contribution in [1.82, 2.24) is 10.3 Å². The van der Waals surface area contributed by atoms with Gasteiger partial charge in [0.15, 0.2) is 6.19 Å². The minimum Gasteiger partial charge on any atom is -0.494 e. The van der Waals surface area contributed by atoms with E-state index in [1.165, 1.54) is 12.8 Å². The van der Waals surface area contributed by atoms with Gasteiger partial charge in [0.05, 0.1) is 12.3 Å². The molecule has 9 heteroatoms. The normalized spacial score (nSPS) is 14.5. The van der Waals surface area contributed by atoms with E-state index in [4.69, 9.17) is 21.5 Å². The lowest BCUT2D eigenvalue weighted by Crippen LogP contribution is -2.32. The van der Waals surface area contributed by atoms with Crippen molar-refractivity contribution in [2.24, 2.45) is 4.99 Å². The molecule has 1 aliphatic heterocycles. The summed E-state index contributed by atoms with van der Waals surface area (Å²) in [5.74, 6) is 1.37. The number of benzene rings is 1. The first-order chi connectivity index (χ1) is 14.6. The minimum atomic E-state index is -0.559. The Morgan fingerprint density at radius 2 is 1.93 bits per heavy atom. The first kappa shape index (κ1) is 20.7. The molecule has 0 saturated carbocycles. The summed E-state index contributed by atoms with van der Waals surface area (Å²) in [5.41, 5.74) is 13.8. The molecule has 0 aliphatic carbocycles. The molecule has 0 amide bonds. The predicted molar refractivity (Wildman–Crippen MR) is 116 cm³/mol. The number of nitrogen functional groups attached to an aromatic ring is 2. The topological polar surface area (TPSA) is 158 Å². The average molecular weight is 404 g/mol. The number of ether oxygens (including phenoxy) is 1. The van der Waals surface area contributed by atoms with Gasteiger partial charge in [-0.15, -0.1) is 0 Å². The Morgan fingerprint density at radius 3 is 2.60 bits per heavy atom. The standard InChI is InChI=1S/C21H24N8O/c1-2-3-4-5-10-30-14-8-6-13(7-9-14)18-16-17(24)15(11-22)19(25)28-20(16)29-21(27-18)26-12-23/h6-9,18H,2-5,10H2,1H3,(H6,24,25,26,27,28,29). The number of nitriles is 2. The van der Waals surface area contributed by atoms with Crippen molar-refractivity contribution in [3.05, 3.63) is 41.0 Å². The Labute approximate surface area is 175 Å². The van der Waals surface area contributed by atoms with E-state index in [1.807, 2.05) is 36.5 Å². The Morgan fingerprint density at radius 1 is 1.17 bits per heavy atom. The van der Waals surface area contributed by atoms with Gasteiger partial charge < -0.3 is 21.5 Å². The van der Waals surface area contributed by atoms with Crippen molar-refractivity contribution in [2.45, 2.75) is 38.6 Å². The Kier molecular flexibility index (Phi) is 6.56. The van der Waals surface area contributed by atoms with E-state index in [-0.39, 0.29) is 23.0 Å².